The number of nitrogens with one attached hydrogen (secondary N) is 1. The van der Waals surface area contributed by atoms with Crippen LogP contribution in [0.4, 0.5) is 5.69 Å². The first-order valence-electron chi connectivity index (χ1n) is 14.3. The van der Waals surface area contributed by atoms with E-state index >= 15 is 0 Å². The molecule has 1 N–H and O–H groups in total. The first kappa shape index (κ1) is 31.0. The number of nitrogens with zero attached hydrogens (tertiary/aromatic N) is 3. The average molecular weight is 581 g/mol. The molecule has 3 heterocycles. The fraction of sp³-hybridized carbons (Fsp3) is 0.484. The Labute approximate surface area is 246 Å². The Morgan fingerprint density at radius 2 is 1.95 bits per heavy atom. The number of benzene rings is 1. The van der Waals surface area contributed by atoms with Crippen LogP contribution in [0.25, 0.3) is 11.4 Å². The highest BCUT2D eigenvalue weighted by molar-refractivity contribution is 6.04. The normalized spacial score (nSPS) is 15.2. The van der Waals surface area contributed by atoms with Crippen LogP contribution in [0, 0.1) is 0 Å². The van der Waals surface area contributed by atoms with Crippen LogP contribution < -0.4 is 14.8 Å². The number of amides is 1. The van der Waals surface area contributed by atoms with E-state index in [1.165, 1.54) is 7.11 Å². The zero-order valence-corrected chi connectivity index (χ0v) is 24.8. The monoisotopic (exact) mass is 580 g/mol. The third-order valence-electron chi connectivity index (χ3n) is 6.35. The molecule has 0 radical (unpaired) electrons. The van der Waals surface area contributed by atoms with Crippen molar-refractivity contribution in [1.82, 2.24) is 14.8 Å². The smallest absolute Gasteiger partial charge is 0.306 e. The van der Waals surface area contributed by atoms with E-state index in [9.17, 15) is 9.59 Å². The molecule has 0 aliphatic carbocycles. The lowest BCUT2D eigenvalue weighted by molar-refractivity contribution is -0.155. The van der Waals surface area contributed by atoms with E-state index in [1.807, 2.05) is 37.6 Å². The van der Waals surface area contributed by atoms with E-state index in [0.29, 0.717) is 62.1 Å². The number of anilines is 1. The van der Waals surface area contributed by atoms with Gasteiger partial charge in [0, 0.05) is 31.9 Å². The number of methoxy groups -OCH3 is 1. The highest BCUT2D eigenvalue weighted by atomic mass is 16.6. The van der Waals surface area contributed by atoms with Gasteiger partial charge in [-0.2, -0.15) is 5.10 Å². The summed E-state index contributed by atoms with van der Waals surface area (Å²) in [5.74, 6) is 0.411. The van der Waals surface area contributed by atoms with Gasteiger partial charge in [0.1, 0.15) is 29.4 Å². The van der Waals surface area contributed by atoms with Crippen molar-refractivity contribution >= 4 is 17.6 Å². The maximum atomic E-state index is 13.1. The molecule has 42 heavy (non-hydrogen) atoms. The first-order chi connectivity index (χ1) is 20.2. The molecule has 0 bridgehead atoms. The van der Waals surface area contributed by atoms with Crippen LogP contribution in [0.2, 0.25) is 0 Å². The highest BCUT2D eigenvalue weighted by Gasteiger charge is 2.21. The molecule has 11 nitrogen and oxygen atoms in total. The highest BCUT2D eigenvalue weighted by Crippen LogP contribution is 2.30. The van der Waals surface area contributed by atoms with E-state index in [-0.39, 0.29) is 23.8 Å². The van der Waals surface area contributed by atoms with Crippen LogP contribution in [-0.4, -0.2) is 65.8 Å². The Hall–Kier alpha value is -3.96. The molecule has 1 aliphatic heterocycles. The van der Waals surface area contributed by atoms with Crippen molar-refractivity contribution in [2.24, 2.45) is 0 Å². The first-order valence-corrected chi connectivity index (χ1v) is 14.3. The predicted octanol–water partition coefficient (Wildman–Crippen LogP) is 5.42. The molecule has 0 saturated carbocycles. The Morgan fingerprint density at radius 3 is 2.71 bits per heavy atom. The van der Waals surface area contributed by atoms with Gasteiger partial charge in [0.15, 0.2) is 6.23 Å². The third-order valence-corrected chi connectivity index (χ3v) is 6.35. The van der Waals surface area contributed by atoms with Crippen LogP contribution >= 0.6 is 0 Å². The lowest BCUT2D eigenvalue weighted by Gasteiger charge is -2.24. The second kappa shape index (κ2) is 14.8. The van der Waals surface area contributed by atoms with Gasteiger partial charge in [-0.1, -0.05) is 6.07 Å². The summed E-state index contributed by atoms with van der Waals surface area (Å²) in [4.78, 5) is 29.5. The largest absolute Gasteiger partial charge is 0.494 e. The lowest BCUT2D eigenvalue weighted by Crippen LogP contribution is -2.23. The van der Waals surface area contributed by atoms with Crippen molar-refractivity contribution in [2.45, 2.75) is 64.7 Å². The molecule has 3 aromatic rings. The predicted molar refractivity (Wildman–Crippen MR) is 157 cm³/mol. The summed E-state index contributed by atoms with van der Waals surface area (Å²) in [5.41, 5.74) is 1.69. The van der Waals surface area contributed by atoms with E-state index in [2.05, 4.69) is 15.4 Å². The van der Waals surface area contributed by atoms with Crippen LogP contribution in [-0.2, 0) is 19.0 Å². The van der Waals surface area contributed by atoms with Crippen molar-refractivity contribution in [3.05, 3.63) is 54.4 Å². The summed E-state index contributed by atoms with van der Waals surface area (Å²) in [5, 5.41) is 7.32. The minimum Gasteiger partial charge on any atom is -0.494 e. The van der Waals surface area contributed by atoms with Gasteiger partial charge in [0.2, 0.25) is 0 Å². The summed E-state index contributed by atoms with van der Waals surface area (Å²) in [7, 11) is 1.52. The number of hydrogen-bond donors (Lipinski definition) is 1. The van der Waals surface area contributed by atoms with Crippen LogP contribution in [0.5, 0.6) is 11.5 Å². The van der Waals surface area contributed by atoms with Gasteiger partial charge in [-0.15, -0.1) is 0 Å². The summed E-state index contributed by atoms with van der Waals surface area (Å²) < 4.78 is 29.8. The molecular weight excluding hydrogens is 540 g/mol. The van der Waals surface area contributed by atoms with E-state index < -0.39 is 5.60 Å². The number of carbonyl (C=O) groups excluding carboxylic acids is 2. The van der Waals surface area contributed by atoms with Gasteiger partial charge in [0.05, 0.1) is 30.8 Å². The van der Waals surface area contributed by atoms with Gasteiger partial charge in [0.25, 0.3) is 5.91 Å². The second-order valence-electron chi connectivity index (χ2n) is 10.9. The third kappa shape index (κ3) is 9.02. The number of ether oxygens (including phenoxy) is 5. The summed E-state index contributed by atoms with van der Waals surface area (Å²) >= 11 is 0. The maximum Gasteiger partial charge on any atom is 0.306 e. The van der Waals surface area contributed by atoms with Gasteiger partial charge in [-0.3, -0.25) is 9.59 Å². The fourth-order valence-electron chi connectivity index (χ4n) is 4.45. The number of esters is 1. The topological polar surface area (TPSA) is 123 Å². The Balaban J connectivity index is 1.28. The van der Waals surface area contributed by atoms with Crippen molar-refractivity contribution in [1.29, 1.82) is 0 Å². The van der Waals surface area contributed by atoms with Crippen LogP contribution in [0.15, 0.2) is 48.7 Å². The molecule has 1 aromatic carbocycles. The second-order valence-corrected chi connectivity index (χ2v) is 10.9. The molecule has 1 fully saturated rings. The van der Waals surface area contributed by atoms with Gasteiger partial charge >= 0.3 is 5.97 Å². The van der Waals surface area contributed by atoms with Crippen molar-refractivity contribution in [3.63, 3.8) is 0 Å². The number of aromatic nitrogens is 3. The standard InChI is InChI=1S/C31H40N4O7/c1-31(2,3)42-29(36)12-8-17-39-19-20-40-22-13-14-24(27(21-22)38-4)34-30(37)25-10-7-9-23(33-25)26-15-16-32-35(26)28-11-5-6-18-41-28/h7,9-10,13-16,21,28H,5-6,8,11-12,17-20H2,1-4H3,(H,34,37). The van der Waals surface area contributed by atoms with Gasteiger partial charge < -0.3 is 29.0 Å². The Kier molecular flexibility index (Phi) is 10.9. The quantitative estimate of drug-likeness (QED) is 0.208. The van der Waals surface area contributed by atoms with Gasteiger partial charge in [-0.25, -0.2) is 9.67 Å². The zero-order chi connectivity index (χ0) is 30.0. The molecule has 226 valence electrons. The maximum absolute atomic E-state index is 13.1. The average Bonchev–Trinajstić information content (AvgIpc) is 3.47. The Morgan fingerprint density at radius 1 is 1.10 bits per heavy atom. The molecule has 1 unspecified atom stereocenters. The van der Waals surface area contributed by atoms with Crippen molar-refractivity contribution in [2.75, 3.05) is 38.9 Å². The molecule has 11 heteroatoms. The lowest BCUT2D eigenvalue weighted by atomic mass is 10.1. The molecule has 4 rings (SSSR count). The number of hydrogen-bond acceptors (Lipinski definition) is 9. The molecule has 1 aliphatic rings. The van der Waals surface area contributed by atoms with E-state index in [4.69, 9.17) is 23.7 Å². The fourth-order valence-corrected chi connectivity index (χ4v) is 4.45. The van der Waals surface area contributed by atoms with Crippen molar-refractivity contribution < 1.29 is 33.3 Å². The van der Waals surface area contributed by atoms with E-state index in [0.717, 1.165) is 25.0 Å². The minimum atomic E-state index is -0.483. The van der Waals surface area contributed by atoms with Gasteiger partial charge in [-0.05, 0) is 76.8 Å². The summed E-state index contributed by atoms with van der Waals surface area (Å²) in [6.45, 7) is 7.35. The SMILES string of the molecule is COc1cc(OCCOCCCC(=O)OC(C)(C)C)ccc1NC(=O)c1cccc(-c2ccnn2C2CCCCO2)n1. The molecular formula is C31H40N4O7. The zero-order valence-electron chi connectivity index (χ0n) is 24.8. The minimum absolute atomic E-state index is 0.135. The van der Waals surface area contributed by atoms with E-state index in [1.54, 1.807) is 36.5 Å². The molecule has 2 aromatic heterocycles. The molecule has 1 saturated heterocycles. The van der Waals surface area contributed by atoms with Crippen LogP contribution in [0.3, 0.4) is 0 Å². The number of carbonyl (C=O) groups is 2. The van der Waals surface area contributed by atoms with Crippen LogP contribution in [0.1, 0.15) is 69.6 Å². The summed E-state index contributed by atoms with van der Waals surface area (Å²) in [6.07, 6.45) is 5.48. The number of pyridine rings is 1. The molecule has 1 atom stereocenters. The summed E-state index contributed by atoms with van der Waals surface area (Å²) in [6, 6.07) is 12.3. The molecule has 1 amide bonds. The Bertz CT molecular complexity index is 1330. The van der Waals surface area contributed by atoms with Crippen molar-refractivity contribution in [3.8, 4) is 22.9 Å². The molecule has 0 spiro atoms. The number of rotatable bonds is 13.